The van der Waals surface area contributed by atoms with Crippen molar-refractivity contribution in [2.24, 2.45) is 0 Å². The smallest absolute Gasteiger partial charge is 0.151 e. The minimum atomic E-state index is -0.0862. The molecule has 0 unspecified atom stereocenters. The number of hydrogen-bond acceptors (Lipinski definition) is 4. The number of rotatable bonds is 1. The molecule has 74 valence electrons. The summed E-state index contributed by atoms with van der Waals surface area (Å²) in [6.07, 6.45) is 1.29. The predicted octanol–water partition coefficient (Wildman–Crippen LogP) is 3.15. The van der Waals surface area contributed by atoms with Gasteiger partial charge in [0.2, 0.25) is 0 Å². The zero-order valence-corrected chi connectivity index (χ0v) is 9.84. The van der Waals surface area contributed by atoms with Crippen molar-refractivity contribution in [3.05, 3.63) is 33.7 Å². The molecule has 0 aliphatic carbocycles. The Kier molecular flexibility index (Phi) is 2.71. The molecule has 0 fully saturated rings. The molecule has 0 atom stereocenters. The number of nitrogens with zero attached hydrogens (tertiary/aromatic N) is 2. The van der Waals surface area contributed by atoms with Gasteiger partial charge in [0.1, 0.15) is 6.07 Å². The van der Waals surface area contributed by atoms with E-state index in [2.05, 4.69) is 20.9 Å². The second kappa shape index (κ2) is 4.01. The lowest BCUT2D eigenvalue weighted by Crippen LogP contribution is -1.83. The van der Waals surface area contributed by atoms with Crippen LogP contribution in [0.25, 0.3) is 10.6 Å². The first-order chi connectivity index (χ1) is 7.20. The molecule has 0 spiro atoms. The number of hydrogen-bond donors (Lipinski definition) is 1. The summed E-state index contributed by atoms with van der Waals surface area (Å²) < 4.78 is 1.01. The summed E-state index contributed by atoms with van der Waals surface area (Å²) >= 11 is 4.88. The fourth-order valence-electron chi connectivity index (χ4n) is 1.12. The summed E-state index contributed by atoms with van der Waals surface area (Å²) in [5.74, 6) is -0.0862. The van der Waals surface area contributed by atoms with Crippen molar-refractivity contribution in [2.45, 2.75) is 0 Å². The average Bonchev–Trinajstić information content (AvgIpc) is 2.66. The topological polar surface area (TPSA) is 56.9 Å². The van der Waals surface area contributed by atoms with Crippen LogP contribution < -0.4 is 0 Å². The first-order valence-corrected chi connectivity index (χ1v) is 5.66. The van der Waals surface area contributed by atoms with Crippen molar-refractivity contribution in [1.29, 1.82) is 5.26 Å². The van der Waals surface area contributed by atoms with Crippen molar-refractivity contribution in [3.63, 3.8) is 0 Å². The lowest BCUT2D eigenvalue weighted by molar-refractivity contribution is 0.471. The van der Waals surface area contributed by atoms with Crippen LogP contribution in [-0.2, 0) is 0 Å². The number of aromatic hydroxyl groups is 1. The summed E-state index contributed by atoms with van der Waals surface area (Å²) in [6, 6.07) is 7.32. The molecule has 2 rings (SSSR count). The molecule has 1 N–H and O–H groups in total. The van der Waals surface area contributed by atoms with Crippen molar-refractivity contribution >= 4 is 27.3 Å². The highest BCUT2D eigenvalue weighted by molar-refractivity contribution is 9.11. The van der Waals surface area contributed by atoms with Crippen LogP contribution in [0.5, 0.6) is 5.75 Å². The highest BCUT2D eigenvalue weighted by atomic mass is 79.9. The van der Waals surface area contributed by atoms with E-state index in [0.717, 1.165) is 8.66 Å². The second-order valence-corrected chi connectivity index (χ2v) is 5.27. The largest absolute Gasteiger partial charge is 0.505 e. The molecule has 2 aromatic heterocycles. The van der Waals surface area contributed by atoms with Gasteiger partial charge in [-0.05, 0) is 34.1 Å². The summed E-state index contributed by atoms with van der Waals surface area (Å²) in [5, 5.41) is 18.0. The Hall–Kier alpha value is -1.38. The van der Waals surface area contributed by atoms with Gasteiger partial charge in [0.05, 0.1) is 26.1 Å². The number of nitriles is 1. The second-order valence-electron chi connectivity index (χ2n) is 2.80. The summed E-state index contributed by atoms with van der Waals surface area (Å²) in [5.41, 5.74) is 0.935. The minimum Gasteiger partial charge on any atom is -0.505 e. The molecular weight excluding hydrogens is 276 g/mol. The predicted molar refractivity (Wildman–Crippen MR) is 61.6 cm³/mol. The third-order valence-corrected chi connectivity index (χ3v) is 3.48. The van der Waals surface area contributed by atoms with E-state index in [1.807, 2.05) is 18.2 Å². The van der Waals surface area contributed by atoms with E-state index >= 15 is 0 Å². The van der Waals surface area contributed by atoms with Crippen LogP contribution >= 0.6 is 27.3 Å². The minimum absolute atomic E-state index is 0.0862. The lowest BCUT2D eigenvalue weighted by Gasteiger charge is -1.98. The van der Waals surface area contributed by atoms with Gasteiger partial charge >= 0.3 is 0 Å². The van der Waals surface area contributed by atoms with Gasteiger partial charge in [-0.1, -0.05) is 0 Å². The molecule has 2 aromatic rings. The van der Waals surface area contributed by atoms with E-state index in [0.29, 0.717) is 5.69 Å². The number of pyridine rings is 1. The van der Waals surface area contributed by atoms with E-state index in [4.69, 9.17) is 5.26 Å². The molecule has 0 bridgehead atoms. The highest BCUT2D eigenvalue weighted by Crippen LogP contribution is 2.31. The fraction of sp³-hybridized carbons (Fsp3) is 0. The Balaban J connectivity index is 2.51. The number of halogens is 1. The van der Waals surface area contributed by atoms with Crippen molar-refractivity contribution in [2.75, 3.05) is 0 Å². The van der Waals surface area contributed by atoms with E-state index < -0.39 is 0 Å². The first-order valence-electron chi connectivity index (χ1n) is 4.05. The zero-order chi connectivity index (χ0) is 10.8. The third kappa shape index (κ3) is 2.01. The van der Waals surface area contributed by atoms with Crippen LogP contribution in [0.1, 0.15) is 5.56 Å². The van der Waals surface area contributed by atoms with Crippen LogP contribution in [0.4, 0.5) is 0 Å². The van der Waals surface area contributed by atoms with E-state index in [1.54, 1.807) is 6.07 Å². The maximum absolute atomic E-state index is 9.30. The lowest BCUT2D eigenvalue weighted by atomic mass is 10.2. The molecule has 0 radical (unpaired) electrons. The Labute approximate surface area is 98.8 Å². The van der Waals surface area contributed by atoms with Gasteiger partial charge in [0.25, 0.3) is 0 Å². The van der Waals surface area contributed by atoms with E-state index in [1.165, 1.54) is 17.5 Å². The van der Waals surface area contributed by atoms with Gasteiger partial charge < -0.3 is 5.11 Å². The molecule has 0 amide bonds. The standard InChI is InChI=1S/C10H5BrN2OS/c11-10-2-1-9(15-10)7-3-6(4-12)8(14)5-13-7/h1-3,5,14H. The van der Waals surface area contributed by atoms with Crippen LogP contribution in [0.3, 0.4) is 0 Å². The summed E-state index contributed by atoms with van der Waals surface area (Å²) in [7, 11) is 0. The summed E-state index contributed by atoms with van der Waals surface area (Å²) in [6.45, 7) is 0. The maximum Gasteiger partial charge on any atom is 0.151 e. The van der Waals surface area contributed by atoms with Gasteiger partial charge in [-0.25, -0.2) is 0 Å². The van der Waals surface area contributed by atoms with E-state index in [-0.39, 0.29) is 11.3 Å². The van der Waals surface area contributed by atoms with E-state index in [9.17, 15) is 5.11 Å². The molecule has 2 heterocycles. The number of aromatic nitrogens is 1. The average molecular weight is 281 g/mol. The fourth-order valence-corrected chi connectivity index (χ4v) is 2.48. The SMILES string of the molecule is N#Cc1cc(-c2ccc(Br)s2)ncc1O. The Bertz CT molecular complexity index is 545. The van der Waals surface area contributed by atoms with Gasteiger partial charge in [0.15, 0.2) is 5.75 Å². The Morgan fingerprint density at radius 2 is 2.27 bits per heavy atom. The molecule has 3 nitrogen and oxygen atoms in total. The van der Waals surface area contributed by atoms with Crippen molar-refractivity contribution < 1.29 is 5.11 Å². The summed E-state index contributed by atoms with van der Waals surface area (Å²) in [4.78, 5) is 5.02. The van der Waals surface area contributed by atoms with Gasteiger partial charge in [-0.3, -0.25) is 4.98 Å². The van der Waals surface area contributed by atoms with Gasteiger partial charge in [-0.2, -0.15) is 5.26 Å². The van der Waals surface area contributed by atoms with Crippen molar-refractivity contribution in [1.82, 2.24) is 4.98 Å². The van der Waals surface area contributed by atoms with Crippen LogP contribution in [-0.4, -0.2) is 10.1 Å². The normalized spacial score (nSPS) is 9.87. The van der Waals surface area contributed by atoms with Crippen LogP contribution in [0.2, 0.25) is 0 Å². The van der Waals surface area contributed by atoms with Gasteiger partial charge in [0, 0.05) is 0 Å². The van der Waals surface area contributed by atoms with Crippen LogP contribution in [0, 0.1) is 11.3 Å². The Morgan fingerprint density at radius 1 is 1.47 bits per heavy atom. The third-order valence-electron chi connectivity index (χ3n) is 1.83. The van der Waals surface area contributed by atoms with Gasteiger partial charge in [-0.15, -0.1) is 11.3 Å². The highest BCUT2D eigenvalue weighted by Gasteiger charge is 2.07. The molecule has 0 saturated heterocycles. The molecular formula is C10H5BrN2OS. The van der Waals surface area contributed by atoms with Crippen LogP contribution in [0.15, 0.2) is 28.2 Å². The molecule has 15 heavy (non-hydrogen) atoms. The zero-order valence-electron chi connectivity index (χ0n) is 7.44. The van der Waals surface area contributed by atoms with Crippen molar-refractivity contribution in [3.8, 4) is 22.4 Å². The molecule has 0 saturated carbocycles. The molecule has 5 heteroatoms. The monoisotopic (exact) mass is 280 g/mol. The number of thiophene rings is 1. The molecule has 0 aliphatic rings. The Morgan fingerprint density at radius 3 is 2.87 bits per heavy atom. The molecule has 0 aliphatic heterocycles. The maximum atomic E-state index is 9.30. The molecule has 0 aromatic carbocycles. The first kappa shape index (κ1) is 10.1. The quantitative estimate of drug-likeness (QED) is 0.873.